The molecule has 1 unspecified atom stereocenters. The molecule has 0 radical (unpaired) electrons. The van der Waals surface area contributed by atoms with Gasteiger partial charge in [-0.1, -0.05) is 30.3 Å². The molecule has 2 aromatic carbocycles. The van der Waals surface area contributed by atoms with Gasteiger partial charge in [0.25, 0.3) is 0 Å². The first-order valence-corrected chi connectivity index (χ1v) is 13.6. The van der Waals surface area contributed by atoms with Crippen molar-refractivity contribution in [1.82, 2.24) is 9.71 Å². The van der Waals surface area contributed by atoms with E-state index in [4.69, 9.17) is 0 Å². The van der Waals surface area contributed by atoms with E-state index >= 15 is 0 Å². The van der Waals surface area contributed by atoms with Gasteiger partial charge in [-0.15, -0.1) is 11.3 Å². The number of rotatable bonds is 10. The summed E-state index contributed by atoms with van der Waals surface area (Å²) in [5.74, 6) is -0.139. The van der Waals surface area contributed by atoms with Gasteiger partial charge < -0.3 is 5.32 Å². The number of nitrogens with one attached hydrogen (secondary N) is 2. The summed E-state index contributed by atoms with van der Waals surface area (Å²) in [5, 5.41) is 3.15. The Morgan fingerprint density at radius 3 is 2.50 bits per heavy atom. The summed E-state index contributed by atoms with van der Waals surface area (Å²) in [7, 11) is -3.84. The molecule has 0 bridgehead atoms. The first-order valence-electron chi connectivity index (χ1n) is 9.86. The number of nitrogens with zero attached hydrogens (tertiary/aromatic N) is 1. The lowest BCUT2D eigenvalue weighted by molar-refractivity contribution is -0.117. The fraction of sp³-hybridized carbons (Fsp3) is 0.273. The SMILES string of the molecule is CSCCC(NS(=O)(=O)c1ccccc1)C(=O)Nc1nc(C)c(Cc2ccc(F)cc2)s1. The van der Waals surface area contributed by atoms with Crippen LogP contribution in [-0.4, -0.2) is 37.4 Å². The third kappa shape index (κ3) is 6.61. The lowest BCUT2D eigenvalue weighted by Gasteiger charge is -2.17. The van der Waals surface area contributed by atoms with E-state index in [1.54, 1.807) is 30.3 Å². The van der Waals surface area contributed by atoms with Gasteiger partial charge in [-0.05, 0) is 55.2 Å². The van der Waals surface area contributed by atoms with E-state index in [1.165, 1.54) is 47.4 Å². The Morgan fingerprint density at radius 1 is 1.16 bits per heavy atom. The molecule has 1 aromatic heterocycles. The molecule has 0 fully saturated rings. The first-order chi connectivity index (χ1) is 15.3. The van der Waals surface area contributed by atoms with Gasteiger partial charge >= 0.3 is 0 Å². The largest absolute Gasteiger partial charge is 0.301 e. The Bertz CT molecular complexity index is 1150. The number of sulfonamides is 1. The van der Waals surface area contributed by atoms with Crippen LogP contribution in [0.5, 0.6) is 0 Å². The monoisotopic (exact) mass is 493 g/mol. The van der Waals surface area contributed by atoms with Crippen LogP contribution in [0, 0.1) is 12.7 Å². The average Bonchev–Trinajstić information content (AvgIpc) is 3.11. The highest BCUT2D eigenvalue weighted by Gasteiger charge is 2.26. The molecule has 6 nitrogen and oxygen atoms in total. The van der Waals surface area contributed by atoms with Crippen LogP contribution in [-0.2, 0) is 21.2 Å². The van der Waals surface area contributed by atoms with Crippen LogP contribution in [0.2, 0.25) is 0 Å². The van der Waals surface area contributed by atoms with Crippen LogP contribution in [0.3, 0.4) is 0 Å². The van der Waals surface area contributed by atoms with Crippen LogP contribution in [0.1, 0.15) is 22.6 Å². The molecule has 170 valence electrons. The highest BCUT2D eigenvalue weighted by Crippen LogP contribution is 2.26. The number of halogens is 1. The fourth-order valence-corrected chi connectivity index (χ4v) is 5.68. The highest BCUT2D eigenvalue weighted by molar-refractivity contribution is 7.98. The van der Waals surface area contributed by atoms with Crippen LogP contribution in [0.4, 0.5) is 9.52 Å². The second-order valence-electron chi connectivity index (χ2n) is 7.09. The quantitative estimate of drug-likeness (QED) is 0.442. The number of anilines is 1. The molecule has 1 amide bonds. The zero-order chi connectivity index (χ0) is 23.1. The summed E-state index contributed by atoms with van der Waals surface area (Å²) in [6, 6.07) is 13.3. The molecule has 1 atom stereocenters. The second kappa shape index (κ2) is 11.0. The molecular weight excluding hydrogens is 469 g/mol. The van der Waals surface area contributed by atoms with Gasteiger partial charge in [0.2, 0.25) is 15.9 Å². The maximum atomic E-state index is 13.1. The van der Waals surface area contributed by atoms with Crippen molar-refractivity contribution in [1.29, 1.82) is 0 Å². The summed E-state index contributed by atoms with van der Waals surface area (Å²) in [5.41, 5.74) is 1.70. The Hall–Kier alpha value is -2.27. The fourth-order valence-electron chi connectivity index (χ4n) is 2.96. The summed E-state index contributed by atoms with van der Waals surface area (Å²) >= 11 is 2.85. The molecule has 0 aliphatic carbocycles. The molecule has 2 N–H and O–H groups in total. The topological polar surface area (TPSA) is 88.2 Å². The minimum absolute atomic E-state index is 0.105. The molecule has 0 aliphatic rings. The van der Waals surface area contributed by atoms with Crippen molar-refractivity contribution in [2.75, 3.05) is 17.3 Å². The van der Waals surface area contributed by atoms with E-state index in [1.807, 2.05) is 13.2 Å². The summed E-state index contributed by atoms with van der Waals surface area (Å²) < 4.78 is 41.1. The Kier molecular flexibility index (Phi) is 8.41. The number of thioether (sulfide) groups is 1. The lowest BCUT2D eigenvalue weighted by atomic mass is 10.1. The molecule has 1 heterocycles. The third-order valence-corrected chi connectivity index (χ3v) is 7.88. The van der Waals surface area contributed by atoms with Crippen LogP contribution in [0.25, 0.3) is 0 Å². The smallest absolute Gasteiger partial charge is 0.244 e. The molecule has 0 spiro atoms. The molecule has 32 heavy (non-hydrogen) atoms. The number of benzene rings is 2. The minimum atomic E-state index is -3.84. The predicted octanol–water partition coefficient (Wildman–Crippen LogP) is 4.22. The second-order valence-corrected chi connectivity index (χ2v) is 10.9. The summed E-state index contributed by atoms with van der Waals surface area (Å²) in [4.78, 5) is 18.4. The zero-order valence-corrected chi connectivity index (χ0v) is 20.1. The highest BCUT2D eigenvalue weighted by atomic mass is 32.2. The van der Waals surface area contributed by atoms with E-state index < -0.39 is 22.0 Å². The van der Waals surface area contributed by atoms with Crippen molar-refractivity contribution in [2.45, 2.75) is 30.7 Å². The summed E-state index contributed by atoms with van der Waals surface area (Å²) in [6.45, 7) is 1.84. The molecule has 3 rings (SSSR count). The van der Waals surface area contributed by atoms with Crippen LogP contribution in [0.15, 0.2) is 59.5 Å². The van der Waals surface area contributed by atoms with Crippen LogP contribution >= 0.6 is 23.1 Å². The van der Waals surface area contributed by atoms with Crippen molar-refractivity contribution in [3.63, 3.8) is 0 Å². The number of aryl methyl sites for hydroxylation is 1. The third-order valence-electron chi connectivity index (χ3n) is 4.68. The van der Waals surface area contributed by atoms with Gasteiger partial charge in [0.15, 0.2) is 5.13 Å². The molecule has 0 aliphatic heterocycles. The van der Waals surface area contributed by atoms with Crippen molar-refractivity contribution < 1.29 is 17.6 Å². The van der Waals surface area contributed by atoms with E-state index in [-0.39, 0.29) is 10.7 Å². The van der Waals surface area contributed by atoms with E-state index in [2.05, 4.69) is 15.0 Å². The lowest BCUT2D eigenvalue weighted by Crippen LogP contribution is -2.44. The van der Waals surface area contributed by atoms with Gasteiger partial charge in [0.05, 0.1) is 10.6 Å². The van der Waals surface area contributed by atoms with Gasteiger partial charge in [-0.3, -0.25) is 4.79 Å². The maximum absolute atomic E-state index is 13.1. The number of aromatic nitrogens is 1. The Balaban J connectivity index is 1.72. The van der Waals surface area contributed by atoms with E-state index in [0.29, 0.717) is 23.7 Å². The standard InChI is InChI=1S/C22H24FN3O3S3/c1-15-20(14-16-8-10-17(23)11-9-16)31-22(24-15)25-21(27)19(12-13-30-2)26-32(28,29)18-6-4-3-5-7-18/h3-11,19,26H,12-14H2,1-2H3,(H,24,25,27). The average molecular weight is 494 g/mol. The number of carbonyl (C=O) groups is 1. The molecule has 0 saturated heterocycles. The van der Waals surface area contributed by atoms with Crippen molar-refractivity contribution in [3.05, 3.63) is 76.5 Å². The minimum Gasteiger partial charge on any atom is -0.301 e. The number of hydrogen-bond acceptors (Lipinski definition) is 6. The number of hydrogen-bond donors (Lipinski definition) is 2. The molecule has 10 heteroatoms. The number of amides is 1. The summed E-state index contributed by atoms with van der Waals surface area (Å²) in [6.07, 6.45) is 2.80. The Morgan fingerprint density at radius 2 is 1.84 bits per heavy atom. The van der Waals surface area contributed by atoms with Gasteiger partial charge in [-0.2, -0.15) is 16.5 Å². The van der Waals surface area contributed by atoms with E-state index in [0.717, 1.165) is 16.1 Å². The van der Waals surface area contributed by atoms with Crippen molar-refractivity contribution in [3.8, 4) is 0 Å². The van der Waals surface area contributed by atoms with E-state index in [9.17, 15) is 17.6 Å². The number of carbonyl (C=O) groups excluding carboxylic acids is 1. The van der Waals surface area contributed by atoms with Gasteiger partial charge in [-0.25, -0.2) is 17.8 Å². The van der Waals surface area contributed by atoms with Crippen molar-refractivity contribution in [2.24, 2.45) is 0 Å². The van der Waals surface area contributed by atoms with Gasteiger partial charge in [0, 0.05) is 11.3 Å². The molecular formula is C22H24FN3O3S3. The first kappa shape index (κ1) is 24.4. The zero-order valence-electron chi connectivity index (χ0n) is 17.7. The maximum Gasteiger partial charge on any atom is 0.244 e. The van der Waals surface area contributed by atoms with Crippen molar-refractivity contribution >= 4 is 44.2 Å². The van der Waals surface area contributed by atoms with Gasteiger partial charge in [0.1, 0.15) is 11.9 Å². The Labute approximate surface area is 195 Å². The van der Waals surface area contributed by atoms with Crippen LogP contribution < -0.4 is 10.0 Å². The predicted molar refractivity (Wildman–Crippen MR) is 128 cm³/mol. The molecule has 3 aromatic rings. The molecule has 0 saturated carbocycles. The number of thiazole rings is 1. The normalized spacial score (nSPS) is 12.5.